The van der Waals surface area contributed by atoms with Gasteiger partial charge in [0, 0.05) is 43.2 Å². The SMILES string of the molecule is O=C(Cl)CCN1CCOC(c2ccc(OCc3c(F)cccc3Cl)cc2F)C1. The van der Waals surface area contributed by atoms with E-state index in [0.717, 1.165) is 0 Å². The molecular formula is C20H19Cl2F2NO3. The Balaban J connectivity index is 1.64. The van der Waals surface area contributed by atoms with Crippen LogP contribution in [0.25, 0.3) is 0 Å². The van der Waals surface area contributed by atoms with E-state index in [4.69, 9.17) is 32.7 Å². The Morgan fingerprint density at radius 2 is 2.07 bits per heavy atom. The number of morpholine rings is 1. The smallest absolute Gasteiger partial charge is 0.222 e. The summed E-state index contributed by atoms with van der Waals surface area (Å²) < 4.78 is 39.6. The number of hydrogen-bond acceptors (Lipinski definition) is 4. The summed E-state index contributed by atoms with van der Waals surface area (Å²) in [6.07, 6.45) is -0.212. The lowest BCUT2D eigenvalue weighted by Gasteiger charge is -2.33. The molecule has 0 amide bonds. The van der Waals surface area contributed by atoms with Gasteiger partial charge in [0.25, 0.3) is 0 Å². The number of hydrogen-bond donors (Lipinski definition) is 0. The van der Waals surface area contributed by atoms with Crippen molar-refractivity contribution >= 4 is 28.4 Å². The van der Waals surface area contributed by atoms with E-state index in [2.05, 4.69) is 0 Å². The highest BCUT2D eigenvalue weighted by Gasteiger charge is 2.24. The Labute approximate surface area is 171 Å². The minimum atomic E-state index is -0.476. The molecule has 4 nitrogen and oxygen atoms in total. The Bertz CT molecular complexity index is 830. The van der Waals surface area contributed by atoms with Crippen LogP contribution in [0.4, 0.5) is 8.78 Å². The first-order valence-electron chi connectivity index (χ1n) is 8.81. The molecule has 0 aromatic heterocycles. The van der Waals surface area contributed by atoms with Gasteiger partial charge in [-0.2, -0.15) is 0 Å². The number of carbonyl (C=O) groups excluding carboxylic acids is 1. The largest absolute Gasteiger partial charge is 0.489 e. The fraction of sp³-hybridized carbons (Fsp3) is 0.350. The second-order valence-electron chi connectivity index (χ2n) is 6.44. The predicted octanol–water partition coefficient (Wildman–Crippen LogP) is 4.73. The Morgan fingerprint density at radius 1 is 1.25 bits per heavy atom. The molecule has 0 N–H and O–H groups in total. The zero-order valence-corrected chi connectivity index (χ0v) is 16.5. The van der Waals surface area contributed by atoms with Gasteiger partial charge in [-0.3, -0.25) is 9.69 Å². The van der Waals surface area contributed by atoms with Gasteiger partial charge in [0.15, 0.2) is 0 Å². The molecule has 0 bridgehead atoms. The number of carbonyl (C=O) groups is 1. The van der Waals surface area contributed by atoms with E-state index in [1.807, 2.05) is 4.90 Å². The van der Waals surface area contributed by atoms with Crippen molar-refractivity contribution in [3.8, 4) is 5.75 Å². The van der Waals surface area contributed by atoms with Crippen LogP contribution in [0.1, 0.15) is 23.7 Å². The van der Waals surface area contributed by atoms with Gasteiger partial charge >= 0.3 is 0 Å². The number of benzene rings is 2. The molecule has 2 aromatic rings. The van der Waals surface area contributed by atoms with Crippen LogP contribution in [0.3, 0.4) is 0 Å². The van der Waals surface area contributed by atoms with Crippen LogP contribution in [-0.2, 0) is 16.1 Å². The molecule has 28 heavy (non-hydrogen) atoms. The number of halogens is 4. The second-order valence-corrected chi connectivity index (χ2v) is 7.27. The second kappa shape index (κ2) is 9.65. The van der Waals surface area contributed by atoms with Gasteiger partial charge in [-0.05, 0) is 35.9 Å². The normalized spacial score (nSPS) is 17.5. The van der Waals surface area contributed by atoms with Gasteiger partial charge in [0.1, 0.15) is 24.0 Å². The third kappa shape index (κ3) is 5.41. The maximum Gasteiger partial charge on any atom is 0.222 e. The molecule has 0 spiro atoms. The lowest BCUT2D eigenvalue weighted by Crippen LogP contribution is -2.39. The van der Waals surface area contributed by atoms with E-state index in [1.165, 1.54) is 18.2 Å². The lowest BCUT2D eigenvalue weighted by molar-refractivity contribution is -0.112. The maximum atomic E-state index is 14.6. The summed E-state index contributed by atoms with van der Waals surface area (Å²) >= 11 is 11.4. The minimum absolute atomic E-state index is 0.107. The van der Waals surface area contributed by atoms with Gasteiger partial charge in [-0.1, -0.05) is 17.7 Å². The molecule has 8 heteroatoms. The zero-order valence-electron chi connectivity index (χ0n) is 15.0. The first kappa shape index (κ1) is 21.0. The molecule has 150 valence electrons. The summed E-state index contributed by atoms with van der Waals surface area (Å²) in [5.41, 5.74) is 0.618. The van der Waals surface area contributed by atoms with Crippen molar-refractivity contribution in [2.45, 2.75) is 19.1 Å². The standard InChI is InChI=1S/C20H19Cl2F2NO3/c21-16-2-1-3-17(23)15(16)12-28-13-4-5-14(18(24)10-13)19-11-25(8-9-27-19)7-6-20(22)26/h1-5,10,19H,6-9,11-12H2. The summed E-state index contributed by atoms with van der Waals surface area (Å²) in [6, 6.07) is 8.81. The average Bonchev–Trinajstić information content (AvgIpc) is 2.66. The summed E-state index contributed by atoms with van der Waals surface area (Å²) in [5, 5.41) is -0.145. The zero-order chi connectivity index (χ0) is 20.1. The fourth-order valence-corrected chi connectivity index (χ4v) is 3.33. The third-order valence-corrected chi connectivity index (χ3v) is 5.08. The molecule has 3 rings (SSSR count). The van der Waals surface area contributed by atoms with Gasteiger partial charge in [-0.15, -0.1) is 0 Å². The maximum absolute atomic E-state index is 14.6. The number of ether oxygens (including phenoxy) is 2. The molecule has 1 aliphatic rings. The molecular weight excluding hydrogens is 411 g/mol. The van der Waals surface area contributed by atoms with E-state index in [-0.39, 0.29) is 29.4 Å². The molecule has 1 aliphatic heterocycles. The Morgan fingerprint density at radius 3 is 2.79 bits per heavy atom. The quantitative estimate of drug-likeness (QED) is 0.596. The van der Waals surface area contributed by atoms with E-state index in [1.54, 1.807) is 18.2 Å². The van der Waals surface area contributed by atoms with Crippen LogP contribution in [0, 0.1) is 11.6 Å². The summed E-state index contributed by atoms with van der Waals surface area (Å²) in [7, 11) is 0. The number of rotatable bonds is 7. The molecule has 1 fully saturated rings. The molecule has 1 unspecified atom stereocenters. The van der Waals surface area contributed by atoms with E-state index in [9.17, 15) is 13.6 Å². The molecule has 1 saturated heterocycles. The third-order valence-electron chi connectivity index (χ3n) is 4.54. The molecule has 0 saturated carbocycles. The van der Waals surface area contributed by atoms with Gasteiger partial charge < -0.3 is 9.47 Å². The van der Waals surface area contributed by atoms with Crippen molar-refractivity contribution in [2.24, 2.45) is 0 Å². The predicted molar refractivity (Wildman–Crippen MR) is 103 cm³/mol. The first-order chi connectivity index (χ1) is 13.4. The molecule has 1 heterocycles. The summed E-state index contributed by atoms with van der Waals surface area (Å²) in [4.78, 5) is 12.9. The Hall–Kier alpha value is -1.73. The minimum Gasteiger partial charge on any atom is -0.489 e. The Kier molecular flexibility index (Phi) is 7.24. The highest BCUT2D eigenvalue weighted by atomic mass is 35.5. The van der Waals surface area contributed by atoms with E-state index >= 15 is 0 Å². The van der Waals surface area contributed by atoms with Crippen molar-refractivity contribution in [3.05, 3.63) is 64.2 Å². The van der Waals surface area contributed by atoms with Crippen molar-refractivity contribution in [2.75, 3.05) is 26.2 Å². The molecule has 2 aromatic carbocycles. The monoisotopic (exact) mass is 429 g/mol. The van der Waals surface area contributed by atoms with Crippen LogP contribution in [0.15, 0.2) is 36.4 Å². The number of nitrogens with zero attached hydrogens (tertiary/aromatic N) is 1. The van der Waals surface area contributed by atoms with Crippen LogP contribution in [-0.4, -0.2) is 36.4 Å². The van der Waals surface area contributed by atoms with E-state index < -0.39 is 23.0 Å². The highest BCUT2D eigenvalue weighted by Crippen LogP contribution is 2.28. The van der Waals surface area contributed by atoms with Crippen molar-refractivity contribution in [3.63, 3.8) is 0 Å². The average molecular weight is 430 g/mol. The van der Waals surface area contributed by atoms with Gasteiger partial charge in [0.2, 0.25) is 5.24 Å². The summed E-state index contributed by atoms with van der Waals surface area (Å²) in [6.45, 7) is 1.96. The highest BCUT2D eigenvalue weighted by molar-refractivity contribution is 6.63. The van der Waals surface area contributed by atoms with Crippen LogP contribution in [0.2, 0.25) is 5.02 Å². The van der Waals surface area contributed by atoms with Crippen molar-refractivity contribution in [1.29, 1.82) is 0 Å². The lowest BCUT2D eigenvalue weighted by atomic mass is 10.1. The van der Waals surface area contributed by atoms with Gasteiger partial charge in [0.05, 0.1) is 17.7 Å². The topological polar surface area (TPSA) is 38.8 Å². The fourth-order valence-electron chi connectivity index (χ4n) is 3.02. The summed E-state index contributed by atoms with van der Waals surface area (Å²) in [5.74, 6) is -0.686. The molecule has 0 radical (unpaired) electrons. The van der Waals surface area contributed by atoms with Crippen LogP contribution in [0.5, 0.6) is 5.75 Å². The molecule has 0 aliphatic carbocycles. The first-order valence-corrected chi connectivity index (χ1v) is 9.57. The van der Waals surface area contributed by atoms with Crippen molar-refractivity contribution in [1.82, 2.24) is 4.90 Å². The van der Waals surface area contributed by atoms with Gasteiger partial charge in [-0.25, -0.2) is 8.78 Å². The van der Waals surface area contributed by atoms with E-state index in [0.29, 0.717) is 31.8 Å². The van der Waals surface area contributed by atoms with Crippen LogP contribution < -0.4 is 4.74 Å². The van der Waals surface area contributed by atoms with Crippen LogP contribution >= 0.6 is 23.2 Å². The van der Waals surface area contributed by atoms with Crippen molar-refractivity contribution < 1.29 is 23.0 Å². The molecule has 1 atom stereocenters.